The number of rotatable bonds is 2. The lowest BCUT2D eigenvalue weighted by Gasteiger charge is -2.22. The van der Waals surface area contributed by atoms with Gasteiger partial charge in [-0.3, -0.25) is 0 Å². The third-order valence-electron chi connectivity index (χ3n) is 1.77. The van der Waals surface area contributed by atoms with E-state index in [1.807, 2.05) is 20.8 Å². The Morgan fingerprint density at radius 1 is 1.06 bits per heavy atom. The SMILES string of the molecule is CC(C)(C)NNc1cccc(C(F)(F)F)c1. The zero-order valence-corrected chi connectivity index (χ0v) is 9.44. The predicted molar refractivity (Wildman–Crippen MR) is 58.0 cm³/mol. The van der Waals surface area contributed by atoms with Gasteiger partial charge in [-0.25, -0.2) is 5.43 Å². The van der Waals surface area contributed by atoms with Gasteiger partial charge in [-0.1, -0.05) is 6.07 Å². The Morgan fingerprint density at radius 3 is 2.19 bits per heavy atom. The van der Waals surface area contributed by atoms with Crippen molar-refractivity contribution >= 4 is 5.69 Å². The first-order valence-electron chi connectivity index (χ1n) is 4.89. The first-order valence-corrected chi connectivity index (χ1v) is 4.89. The molecule has 0 aromatic heterocycles. The summed E-state index contributed by atoms with van der Waals surface area (Å²) in [5, 5.41) is 0. The van der Waals surface area contributed by atoms with E-state index in [1.54, 1.807) is 6.07 Å². The first kappa shape index (κ1) is 12.8. The zero-order chi connectivity index (χ0) is 12.4. The van der Waals surface area contributed by atoms with Gasteiger partial charge in [0.15, 0.2) is 0 Å². The van der Waals surface area contributed by atoms with Crippen molar-refractivity contribution in [3.63, 3.8) is 0 Å². The second-order valence-corrected chi connectivity index (χ2v) is 4.58. The average molecular weight is 232 g/mol. The lowest BCUT2D eigenvalue weighted by molar-refractivity contribution is -0.137. The van der Waals surface area contributed by atoms with Crippen molar-refractivity contribution in [2.24, 2.45) is 0 Å². The van der Waals surface area contributed by atoms with Crippen LogP contribution >= 0.6 is 0 Å². The molecule has 5 heteroatoms. The van der Waals surface area contributed by atoms with Crippen molar-refractivity contribution in [3.8, 4) is 0 Å². The van der Waals surface area contributed by atoms with Crippen molar-refractivity contribution in [3.05, 3.63) is 29.8 Å². The van der Waals surface area contributed by atoms with Crippen LogP contribution in [-0.2, 0) is 6.18 Å². The van der Waals surface area contributed by atoms with E-state index in [0.717, 1.165) is 12.1 Å². The number of alkyl halides is 3. The maximum absolute atomic E-state index is 12.4. The maximum atomic E-state index is 12.4. The number of halogens is 3. The Labute approximate surface area is 92.8 Å². The highest BCUT2D eigenvalue weighted by atomic mass is 19.4. The zero-order valence-electron chi connectivity index (χ0n) is 9.44. The number of hydrazine groups is 1. The molecule has 0 heterocycles. The minimum Gasteiger partial charge on any atom is -0.321 e. The highest BCUT2D eigenvalue weighted by molar-refractivity contribution is 5.45. The van der Waals surface area contributed by atoms with Gasteiger partial charge in [-0.2, -0.15) is 13.2 Å². The standard InChI is InChI=1S/C11H15F3N2/c1-10(2,3)16-15-9-6-4-5-8(7-9)11(12,13)14/h4-7,15-16H,1-3H3. The van der Waals surface area contributed by atoms with Crippen molar-refractivity contribution in [1.82, 2.24) is 5.43 Å². The molecular weight excluding hydrogens is 217 g/mol. The Morgan fingerprint density at radius 2 is 1.69 bits per heavy atom. The van der Waals surface area contributed by atoms with Crippen LogP contribution in [0.1, 0.15) is 26.3 Å². The molecule has 2 nitrogen and oxygen atoms in total. The summed E-state index contributed by atoms with van der Waals surface area (Å²) in [5.41, 5.74) is 5.17. The van der Waals surface area contributed by atoms with Crippen LogP contribution in [0.4, 0.5) is 18.9 Å². The Kier molecular flexibility index (Phi) is 3.48. The molecule has 0 aliphatic carbocycles. The van der Waals surface area contributed by atoms with Gasteiger partial charge in [0.2, 0.25) is 0 Å². The molecule has 0 aliphatic rings. The van der Waals surface area contributed by atoms with Crippen LogP contribution in [0.5, 0.6) is 0 Å². The van der Waals surface area contributed by atoms with E-state index in [4.69, 9.17) is 0 Å². The van der Waals surface area contributed by atoms with E-state index >= 15 is 0 Å². The van der Waals surface area contributed by atoms with Gasteiger partial charge in [0.1, 0.15) is 0 Å². The summed E-state index contributed by atoms with van der Waals surface area (Å²) < 4.78 is 37.2. The van der Waals surface area contributed by atoms with E-state index in [0.29, 0.717) is 5.69 Å². The van der Waals surface area contributed by atoms with E-state index in [9.17, 15) is 13.2 Å². The van der Waals surface area contributed by atoms with Crippen molar-refractivity contribution in [1.29, 1.82) is 0 Å². The van der Waals surface area contributed by atoms with Crippen molar-refractivity contribution in [2.45, 2.75) is 32.5 Å². The van der Waals surface area contributed by atoms with Gasteiger partial charge in [-0.15, -0.1) is 0 Å². The fourth-order valence-corrected chi connectivity index (χ4v) is 1.03. The summed E-state index contributed by atoms with van der Waals surface area (Å²) in [5.74, 6) is 0. The highest BCUT2D eigenvalue weighted by Crippen LogP contribution is 2.30. The fourth-order valence-electron chi connectivity index (χ4n) is 1.03. The van der Waals surface area contributed by atoms with Crippen LogP contribution in [0.2, 0.25) is 0 Å². The molecule has 16 heavy (non-hydrogen) atoms. The topological polar surface area (TPSA) is 24.1 Å². The van der Waals surface area contributed by atoms with Gasteiger partial charge in [-0.05, 0) is 39.0 Å². The van der Waals surface area contributed by atoms with Crippen LogP contribution in [0, 0.1) is 0 Å². The summed E-state index contributed by atoms with van der Waals surface area (Å²) in [7, 11) is 0. The van der Waals surface area contributed by atoms with Gasteiger partial charge in [0.25, 0.3) is 0 Å². The van der Waals surface area contributed by atoms with Crippen LogP contribution in [0.3, 0.4) is 0 Å². The van der Waals surface area contributed by atoms with Gasteiger partial charge in [0.05, 0.1) is 5.56 Å². The molecule has 0 saturated heterocycles. The molecular formula is C11H15F3N2. The van der Waals surface area contributed by atoms with E-state index in [-0.39, 0.29) is 5.54 Å². The van der Waals surface area contributed by atoms with Crippen molar-refractivity contribution < 1.29 is 13.2 Å². The Hall–Kier alpha value is -1.23. The van der Waals surface area contributed by atoms with Crippen molar-refractivity contribution in [2.75, 3.05) is 5.43 Å². The molecule has 90 valence electrons. The molecule has 0 spiro atoms. The second kappa shape index (κ2) is 4.33. The normalized spacial score (nSPS) is 12.6. The van der Waals surface area contributed by atoms with Crippen LogP contribution in [0.15, 0.2) is 24.3 Å². The third kappa shape index (κ3) is 4.10. The molecule has 1 aromatic carbocycles. The molecule has 1 aromatic rings. The average Bonchev–Trinajstić information content (AvgIpc) is 2.13. The molecule has 0 aliphatic heterocycles. The van der Waals surface area contributed by atoms with Gasteiger partial charge in [0, 0.05) is 11.2 Å². The third-order valence-corrected chi connectivity index (χ3v) is 1.77. The number of nitrogens with one attached hydrogen (secondary N) is 2. The lowest BCUT2D eigenvalue weighted by Crippen LogP contribution is -2.40. The molecule has 2 N–H and O–H groups in total. The number of hydrogen-bond acceptors (Lipinski definition) is 2. The van der Waals surface area contributed by atoms with E-state index in [2.05, 4.69) is 10.9 Å². The molecule has 0 unspecified atom stereocenters. The predicted octanol–water partition coefficient (Wildman–Crippen LogP) is 3.42. The maximum Gasteiger partial charge on any atom is 0.416 e. The fraction of sp³-hybridized carbons (Fsp3) is 0.455. The molecule has 0 amide bonds. The van der Waals surface area contributed by atoms with E-state index < -0.39 is 11.7 Å². The first-order chi connectivity index (χ1) is 7.18. The van der Waals surface area contributed by atoms with Crippen LogP contribution in [-0.4, -0.2) is 5.54 Å². The number of hydrogen-bond donors (Lipinski definition) is 2. The quantitative estimate of drug-likeness (QED) is 0.763. The monoisotopic (exact) mass is 232 g/mol. The molecule has 0 bridgehead atoms. The minimum absolute atomic E-state index is 0.214. The summed E-state index contributed by atoms with van der Waals surface area (Å²) >= 11 is 0. The van der Waals surface area contributed by atoms with E-state index in [1.165, 1.54) is 6.07 Å². The molecule has 0 atom stereocenters. The smallest absolute Gasteiger partial charge is 0.321 e. The summed E-state index contributed by atoms with van der Waals surface area (Å²) in [6, 6.07) is 5.06. The summed E-state index contributed by atoms with van der Waals surface area (Å²) in [4.78, 5) is 0. The molecule has 0 saturated carbocycles. The Bertz CT molecular complexity index is 353. The van der Waals surface area contributed by atoms with Crippen LogP contribution < -0.4 is 10.9 Å². The second-order valence-electron chi connectivity index (χ2n) is 4.58. The minimum atomic E-state index is -4.31. The molecule has 0 fully saturated rings. The summed E-state index contributed by atoms with van der Waals surface area (Å²) in [6.45, 7) is 5.73. The number of anilines is 1. The number of benzene rings is 1. The summed E-state index contributed by atoms with van der Waals surface area (Å²) in [6.07, 6.45) is -4.31. The van der Waals surface area contributed by atoms with Crippen LogP contribution in [0.25, 0.3) is 0 Å². The molecule has 0 radical (unpaired) electrons. The molecule has 1 rings (SSSR count). The lowest BCUT2D eigenvalue weighted by atomic mass is 10.1. The largest absolute Gasteiger partial charge is 0.416 e. The Balaban J connectivity index is 2.76. The highest BCUT2D eigenvalue weighted by Gasteiger charge is 2.30. The van der Waals surface area contributed by atoms with Gasteiger partial charge < -0.3 is 5.43 Å². The van der Waals surface area contributed by atoms with Gasteiger partial charge >= 0.3 is 6.18 Å².